The average Bonchev–Trinajstić information content (AvgIpc) is 2.82. The van der Waals surface area contributed by atoms with Gasteiger partial charge in [0.05, 0.1) is 6.10 Å². The molecular formula is C12H15N3OS. The van der Waals surface area contributed by atoms with Crippen LogP contribution in [0.2, 0.25) is 0 Å². The van der Waals surface area contributed by atoms with Gasteiger partial charge in [0.2, 0.25) is 5.13 Å². The molecule has 3 rings (SSSR count). The molecule has 2 heterocycles. The zero-order valence-corrected chi connectivity index (χ0v) is 10.8. The lowest BCUT2D eigenvalue weighted by molar-refractivity contribution is 0.156. The van der Waals surface area contributed by atoms with Crippen LogP contribution in [0.5, 0.6) is 0 Å². The maximum atomic E-state index is 10.0. The van der Waals surface area contributed by atoms with Crippen LogP contribution in [-0.4, -0.2) is 19.9 Å². The van der Waals surface area contributed by atoms with Crippen molar-refractivity contribution in [3.63, 3.8) is 0 Å². The zero-order chi connectivity index (χ0) is 12.0. The number of fused-ring (bicyclic) bond motifs is 1. The molecule has 17 heavy (non-hydrogen) atoms. The second kappa shape index (κ2) is 3.92. The number of nitrogens with zero attached hydrogens (tertiary/aromatic N) is 3. The van der Waals surface area contributed by atoms with E-state index in [2.05, 4.69) is 27.8 Å². The molecule has 4 nitrogen and oxygen atoms in total. The van der Waals surface area contributed by atoms with E-state index in [0.29, 0.717) is 0 Å². The molecule has 90 valence electrons. The summed E-state index contributed by atoms with van der Waals surface area (Å²) in [4.78, 5) is 0. The van der Waals surface area contributed by atoms with Crippen molar-refractivity contribution < 1.29 is 5.11 Å². The van der Waals surface area contributed by atoms with Gasteiger partial charge in [-0.25, -0.2) is 0 Å². The van der Waals surface area contributed by atoms with Crippen molar-refractivity contribution in [1.82, 2.24) is 14.8 Å². The quantitative estimate of drug-likeness (QED) is 0.843. The van der Waals surface area contributed by atoms with Gasteiger partial charge in [-0.15, -0.1) is 10.2 Å². The number of hydrogen-bond acceptors (Lipinski definition) is 4. The lowest BCUT2D eigenvalue weighted by Gasteiger charge is -2.19. The largest absolute Gasteiger partial charge is 0.388 e. The highest BCUT2D eigenvalue weighted by atomic mass is 32.1. The molecule has 1 aliphatic carbocycles. The summed E-state index contributed by atoms with van der Waals surface area (Å²) in [5.74, 6) is 0. The summed E-state index contributed by atoms with van der Waals surface area (Å²) in [7, 11) is 0. The van der Waals surface area contributed by atoms with Crippen LogP contribution in [0.15, 0.2) is 6.07 Å². The van der Waals surface area contributed by atoms with Crippen LogP contribution in [0.1, 0.15) is 40.9 Å². The molecule has 0 saturated carbocycles. The van der Waals surface area contributed by atoms with Gasteiger partial charge in [-0.2, -0.15) is 0 Å². The zero-order valence-electron chi connectivity index (χ0n) is 9.97. The molecule has 0 saturated heterocycles. The molecular weight excluding hydrogens is 234 g/mol. The third kappa shape index (κ3) is 1.70. The topological polar surface area (TPSA) is 50.9 Å². The summed E-state index contributed by atoms with van der Waals surface area (Å²) in [6.45, 7) is 4.02. The highest BCUT2D eigenvalue weighted by molar-refractivity contribution is 7.13. The van der Waals surface area contributed by atoms with Crippen molar-refractivity contribution in [3.05, 3.63) is 28.0 Å². The molecule has 1 atom stereocenters. The van der Waals surface area contributed by atoms with Crippen molar-refractivity contribution in [2.24, 2.45) is 0 Å². The van der Waals surface area contributed by atoms with Crippen LogP contribution in [0.3, 0.4) is 0 Å². The number of aliphatic hydroxyl groups excluding tert-OH is 1. The smallest absolute Gasteiger partial charge is 0.216 e. The second-order valence-corrected chi connectivity index (χ2v) is 5.69. The van der Waals surface area contributed by atoms with E-state index < -0.39 is 0 Å². The third-order valence-electron chi connectivity index (χ3n) is 3.28. The summed E-state index contributed by atoms with van der Waals surface area (Å²) in [6, 6.07) is 2.08. The Morgan fingerprint density at radius 1 is 1.41 bits per heavy atom. The molecule has 0 bridgehead atoms. The average molecular weight is 249 g/mol. The molecule has 0 radical (unpaired) electrons. The molecule has 5 heteroatoms. The van der Waals surface area contributed by atoms with Crippen molar-refractivity contribution in [3.8, 4) is 5.13 Å². The molecule has 1 aliphatic rings. The number of rotatable bonds is 1. The molecule has 0 aliphatic heterocycles. The monoisotopic (exact) mass is 249 g/mol. The minimum absolute atomic E-state index is 0.312. The van der Waals surface area contributed by atoms with Crippen molar-refractivity contribution in [2.45, 2.75) is 39.2 Å². The molecule has 2 aromatic heterocycles. The lowest BCUT2D eigenvalue weighted by Crippen LogP contribution is -2.11. The van der Waals surface area contributed by atoms with Gasteiger partial charge >= 0.3 is 0 Å². The van der Waals surface area contributed by atoms with Gasteiger partial charge in [-0.05, 0) is 39.2 Å². The minimum atomic E-state index is -0.312. The van der Waals surface area contributed by atoms with E-state index in [9.17, 15) is 5.11 Å². The number of aliphatic hydroxyl groups is 1. The highest BCUT2D eigenvalue weighted by Crippen LogP contribution is 2.34. The molecule has 0 aromatic carbocycles. The molecule has 1 N–H and O–H groups in total. The predicted octanol–water partition coefficient (Wildman–Crippen LogP) is 2.32. The number of aryl methyl sites for hydroxylation is 2. The lowest BCUT2D eigenvalue weighted by atomic mass is 9.95. The standard InChI is InChI=1S/C12H15N3OS/c1-7-6-9-10(4-3-5-11(9)16)15(7)12-14-13-8(2)17-12/h6,11,16H,3-5H2,1-2H3. The van der Waals surface area contributed by atoms with Crippen molar-refractivity contribution in [1.29, 1.82) is 0 Å². The van der Waals surface area contributed by atoms with E-state index in [-0.39, 0.29) is 6.10 Å². The van der Waals surface area contributed by atoms with Gasteiger partial charge in [0.1, 0.15) is 5.01 Å². The van der Waals surface area contributed by atoms with Crippen LogP contribution < -0.4 is 0 Å². The maximum absolute atomic E-state index is 10.0. The number of hydrogen-bond donors (Lipinski definition) is 1. The van der Waals surface area contributed by atoms with E-state index in [1.165, 1.54) is 5.69 Å². The first kappa shape index (κ1) is 10.9. The molecule has 0 fully saturated rings. The Balaban J connectivity index is 2.17. The van der Waals surface area contributed by atoms with E-state index in [1.807, 2.05) is 6.92 Å². The fraction of sp³-hybridized carbons (Fsp3) is 0.500. The van der Waals surface area contributed by atoms with E-state index in [0.717, 1.165) is 40.7 Å². The Bertz CT molecular complexity index is 558. The van der Waals surface area contributed by atoms with Gasteiger partial charge < -0.3 is 5.11 Å². The third-order valence-corrected chi connectivity index (χ3v) is 4.10. The Labute approximate surface area is 104 Å². The Morgan fingerprint density at radius 3 is 2.94 bits per heavy atom. The molecule has 2 aromatic rings. The van der Waals surface area contributed by atoms with Crippen LogP contribution in [0.25, 0.3) is 5.13 Å². The first-order valence-corrected chi connectivity index (χ1v) is 6.68. The molecule has 0 amide bonds. The van der Waals surface area contributed by atoms with Crippen LogP contribution in [0.4, 0.5) is 0 Å². The summed E-state index contributed by atoms with van der Waals surface area (Å²) in [5, 5.41) is 20.2. The van der Waals surface area contributed by atoms with Gasteiger partial charge in [-0.3, -0.25) is 4.57 Å². The summed E-state index contributed by atoms with van der Waals surface area (Å²) in [6.07, 6.45) is 2.60. The normalized spacial score (nSPS) is 19.4. The highest BCUT2D eigenvalue weighted by Gasteiger charge is 2.24. The minimum Gasteiger partial charge on any atom is -0.388 e. The van der Waals surface area contributed by atoms with Crippen molar-refractivity contribution >= 4 is 11.3 Å². The van der Waals surface area contributed by atoms with E-state index in [1.54, 1.807) is 11.3 Å². The van der Waals surface area contributed by atoms with E-state index in [4.69, 9.17) is 0 Å². The SMILES string of the molecule is Cc1nnc(-n2c(C)cc3c2CCCC3O)s1. The van der Waals surface area contributed by atoms with Gasteiger partial charge in [0.25, 0.3) is 0 Å². The Morgan fingerprint density at radius 2 is 2.24 bits per heavy atom. The molecule has 1 unspecified atom stereocenters. The predicted molar refractivity (Wildman–Crippen MR) is 66.6 cm³/mol. The first-order chi connectivity index (χ1) is 8.16. The summed E-state index contributed by atoms with van der Waals surface area (Å²) in [5.41, 5.74) is 3.41. The van der Waals surface area contributed by atoms with Gasteiger partial charge in [-0.1, -0.05) is 11.3 Å². The van der Waals surface area contributed by atoms with E-state index >= 15 is 0 Å². The maximum Gasteiger partial charge on any atom is 0.216 e. The summed E-state index contributed by atoms with van der Waals surface area (Å²) >= 11 is 1.59. The van der Waals surface area contributed by atoms with Gasteiger partial charge in [0, 0.05) is 17.0 Å². The van der Waals surface area contributed by atoms with Crippen molar-refractivity contribution in [2.75, 3.05) is 0 Å². The summed E-state index contributed by atoms with van der Waals surface area (Å²) < 4.78 is 2.14. The van der Waals surface area contributed by atoms with Gasteiger partial charge in [0.15, 0.2) is 0 Å². The molecule has 0 spiro atoms. The fourth-order valence-electron chi connectivity index (χ4n) is 2.52. The van der Waals surface area contributed by atoms with Crippen LogP contribution in [0, 0.1) is 13.8 Å². The second-order valence-electron chi connectivity index (χ2n) is 4.53. The Kier molecular flexibility index (Phi) is 2.52. The fourth-order valence-corrected chi connectivity index (χ4v) is 3.29. The number of aromatic nitrogens is 3. The van der Waals surface area contributed by atoms with Crippen LogP contribution >= 0.6 is 11.3 Å². The van der Waals surface area contributed by atoms with Crippen LogP contribution in [-0.2, 0) is 6.42 Å². The Hall–Kier alpha value is -1.20. The first-order valence-electron chi connectivity index (χ1n) is 5.86.